The Morgan fingerprint density at radius 2 is 1.74 bits per heavy atom. The van der Waals surface area contributed by atoms with Crippen molar-refractivity contribution in [1.29, 1.82) is 0 Å². The number of benzene rings is 2. The van der Waals surface area contributed by atoms with Crippen LogP contribution < -0.4 is 10.1 Å². The molecule has 0 aliphatic heterocycles. The maximum Gasteiger partial charge on any atom is 0.272 e. The van der Waals surface area contributed by atoms with E-state index in [-0.39, 0.29) is 12.0 Å². The van der Waals surface area contributed by atoms with E-state index >= 15 is 0 Å². The Hall–Kier alpha value is -3.08. The minimum Gasteiger partial charge on any atom is -0.491 e. The molecule has 2 aromatic rings. The molecule has 0 aromatic heterocycles. The summed E-state index contributed by atoms with van der Waals surface area (Å²) >= 11 is 0. The lowest BCUT2D eigenvalue weighted by molar-refractivity contribution is -0.113. The van der Waals surface area contributed by atoms with Crippen molar-refractivity contribution in [2.75, 3.05) is 18.9 Å². The van der Waals surface area contributed by atoms with Gasteiger partial charge in [0, 0.05) is 19.3 Å². The number of nitrogens with zero attached hydrogens (tertiary/aromatic N) is 2. The van der Waals surface area contributed by atoms with Crippen molar-refractivity contribution in [2.24, 2.45) is 4.99 Å². The number of hydrogen-bond donors (Lipinski definition) is 1. The van der Waals surface area contributed by atoms with Gasteiger partial charge >= 0.3 is 0 Å². The highest BCUT2D eigenvalue weighted by atomic mass is 16.5. The lowest BCUT2D eigenvalue weighted by Crippen LogP contribution is -2.27. The monoisotopic (exact) mass is 423 g/mol. The number of carbonyl (C=O) groups excluding carboxylic acids is 1. The molecule has 0 saturated heterocycles. The molecule has 0 bridgehead atoms. The molecule has 2 rings (SSSR count). The molecule has 31 heavy (non-hydrogen) atoms. The molecule has 1 amide bonds. The average Bonchev–Trinajstić information content (AvgIpc) is 2.76. The molecular weight excluding hydrogens is 386 g/mol. The number of carbonyl (C=O) groups is 1. The van der Waals surface area contributed by atoms with Gasteiger partial charge in [-0.05, 0) is 56.7 Å². The number of amides is 1. The van der Waals surface area contributed by atoms with Crippen LogP contribution in [-0.2, 0) is 4.79 Å². The molecule has 5 heteroatoms. The summed E-state index contributed by atoms with van der Waals surface area (Å²) in [6, 6.07) is 17.1. The van der Waals surface area contributed by atoms with Crippen molar-refractivity contribution in [3.8, 4) is 5.75 Å². The second-order valence-electron chi connectivity index (χ2n) is 7.31. The highest BCUT2D eigenvalue weighted by Gasteiger charge is 2.14. The molecule has 168 valence electrons. The summed E-state index contributed by atoms with van der Waals surface area (Å²) in [5.41, 5.74) is 2.10. The highest BCUT2D eigenvalue weighted by Crippen LogP contribution is 2.19. The summed E-state index contributed by atoms with van der Waals surface area (Å²) in [6.07, 6.45) is 6.21. The van der Waals surface area contributed by atoms with E-state index < -0.39 is 0 Å². The van der Waals surface area contributed by atoms with Crippen LogP contribution in [-0.4, -0.2) is 36.8 Å². The van der Waals surface area contributed by atoms with Gasteiger partial charge in [0.25, 0.3) is 5.91 Å². The van der Waals surface area contributed by atoms with Crippen molar-refractivity contribution in [3.63, 3.8) is 0 Å². The summed E-state index contributed by atoms with van der Waals surface area (Å²) in [4.78, 5) is 18.8. The van der Waals surface area contributed by atoms with Crippen LogP contribution in [0.2, 0.25) is 0 Å². The van der Waals surface area contributed by atoms with Crippen LogP contribution in [0.1, 0.15) is 53.0 Å². The van der Waals surface area contributed by atoms with Crippen molar-refractivity contribution in [1.82, 2.24) is 4.90 Å². The molecule has 0 spiro atoms. The van der Waals surface area contributed by atoms with Crippen LogP contribution in [0.4, 0.5) is 5.69 Å². The van der Waals surface area contributed by atoms with Gasteiger partial charge in [0.1, 0.15) is 11.4 Å². The lowest BCUT2D eigenvalue weighted by atomic mass is 10.1. The smallest absolute Gasteiger partial charge is 0.272 e. The first kappa shape index (κ1) is 26.0. The number of likely N-dealkylation sites (N-methyl/N-ethyl adjacent to an activating group) is 1. The summed E-state index contributed by atoms with van der Waals surface area (Å²) < 4.78 is 5.75. The Morgan fingerprint density at radius 1 is 1.06 bits per heavy atom. The molecule has 0 radical (unpaired) electrons. The SMILES string of the molecule is CCCC.CCN=CN(C)/C(=C\c1cccc(OC(C)C)c1)C(=O)Nc1ccccc1. The van der Waals surface area contributed by atoms with E-state index in [4.69, 9.17) is 4.74 Å². The van der Waals surface area contributed by atoms with Crippen LogP contribution in [0, 0.1) is 0 Å². The second-order valence-corrected chi connectivity index (χ2v) is 7.31. The summed E-state index contributed by atoms with van der Waals surface area (Å²) in [7, 11) is 1.81. The molecule has 2 aromatic carbocycles. The second kappa shape index (κ2) is 14.8. The minimum absolute atomic E-state index is 0.0874. The summed E-state index contributed by atoms with van der Waals surface area (Å²) in [5.74, 6) is 0.563. The normalized spacial score (nSPS) is 11.1. The number of anilines is 1. The molecule has 0 unspecified atom stereocenters. The molecular formula is C26H37N3O2. The molecule has 0 aliphatic rings. The first-order valence-corrected chi connectivity index (χ1v) is 11.0. The number of hydrogen-bond acceptors (Lipinski definition) is 3. The van der Waals surface area contributed by atoms with Crippen LogP contribution in [0.25, 0.3) is 6.08 Å². The van der Waals surface area contributed by atoms with E-state index in [1.165, 1.54) is 12.8 Å². The Labute approximate surface area is 187 Å². The third-order valence-corrected chi connectivity index (χ3v) is 4.11. The predicted octanol–water partition coefficient (Wildman–Crippen LogP) is 6.24. The van der Waals surface area contributed by atoms with Gasteiger partial charge in [-0.3, -0.25) is 9.79 Å². The Balaban J connectivity index is 0.00000110. The third-order valence-electron chi connectivity index (χ3n) is 4.11. The van der Waals surface area contributed by atoms with E-state index in [1.54, 1.807) is 11.2 Å². The van der Waals surface area contributed by atoms with Gasteiger partial charge in [-0.25, -0.2) is 0 Å². The zero-order valence-corrected chi connectivity index (χ0v) is 19.8. The first-order valence-electron chi connectivity index (χ1n) is 11.0. The topological polar surface area (TPSA) is 53.9 Å². The minimum atomic E-state index is -0.207. The predicted molar refractivity (Wildman–Crippen MR) is 133 cm³/mol. The number of rotatable bonds is 9. The summed E-state index contributed by atoms with van der Waals surface area (Å²) in [5, 5.41) is 2.92. The zero-order chi connectivity index (χ0) is 23.1. The Bertz CT molecular complexity index is 828. The number of nitrogens with one attached hydrogen (secondary N) is 1. The lowest BCUT2D eigenvalue weighted by Gasteiger charge is -2.18. The standard InChI is InChI=1S/C22H27N3O2.C4H10/c1-5-23-16-25(4)21(22(26)24-19-11-7-6-8-12-19)15-18-10-9-13-20(14-18)27-17(2)3;1-3-4-2/h6-17H,5H2,1-4H3,(H,24,26);3-4H2,1-2H3/b21-15-,23-16?;. The first-order chi connectivity index (χ1) is 14.9. The maximum absolute atomic E-state index is 12.9. The molecule has 1 N–H and O–H groups in total. The van der Waals surface area contributed by atoms with E-state index in [1.807, 2.05) is 88.5 Å². The quantitative estimate of drug-likeness (QED) is 0.295. The van der Waals surface area contributed by atoms with Crippen molar-refractivity contribution < 1.29 is 9.53 Å². The van der Waals surface area contributed by atoms with Gasteiger partial charge in [-0.2, -0.15) is 0 Å². The van der Waals surface area contributed by atoms with Crippen molar-refractivity contribution in [2.45, 2.75) is 53.6 Å². The van der Waals surface area contributed by atoms with Crippen molar-refractivity contribution >= 4 is 24.0 Å². The third kappa shape index (κ3) is 10.5. The zero-order valence-electron chi connectivity index (χ0n) is 19.8. The van der Waals surface area contributed by atoms with Gasteiger partial charge in [-0.15, -0.1) is 0 Å². The molecule has 0 heterocycles. The van der Waals surface area contributed by atoms with E-state index in [0.717, 1.165) is 17.0 Å². The van der Waals surface area contributed by atoms with E-state index in [2.05, 4.69) is 24.2 Å². The highest BCUT2D eigenvalue weighted by molar-refractivity contribution is 6.07. The van der Waals surface area contributed by atoms with Crippen LogP contribution in [0.3, 0.4) is 0 Å². The fraction of sp³-hybridized carbons (Fsp3) is 0.385. The molecule has 0 saturated carbocycles. The molecule has 0 atom stereocenters. The van der Waals surface area contributed by atoms with Crippen LogP contribution in [0.15, 0.2) is 65.3 Å². The Morgan fingerprint density at radius 3 is 2.32 bits per heavy atom. The fourth-order valence-corrected chi connectivity index (χ4v) is 2.42. The summed E-state index contributed by atoms with van der Waals surface area (Å²) in [6.45, 7) is 10.9. The molecule has 0 fully saturated rings. The van der Waals surface area contributed by atoms with Gasteiger partial charge in [0.15, 0.2) is 0 Å². The van der Waals surface area contributed by atoms with Gasteiger partial charge in [-0.1, -0.05) is 57.0 Å². The van der Waals surface area contributed by atoms with Gasteiger partial charge in [0.05, 0.1) is 12.4 Å². The maximum atomic E-state index is 12.9. The number of aliphatic imine (C=N–C) groups is 1. The van der Waals surface area contributed by atoms with Gasteiger partial charge in [0.2, 0.25) is 0 Å². The molecule has 5 nitrogen and oxygen atoms in total. The number of unbranched alkanes of at least 4 members (excludes halogenated alkanes) is 1. The van der Waals surface area contributed by atoms with E-state index in [0.29, 0.717) is 12.2 Å². The largest absolute Gasteiger partial charge is 0.491 e. The number of para-hydroxylation sites is 1. The van der Waals surface area contributed by atoms with Crippen LogP contribution >= 0.6 is 0 Å². The van der Waals surface area contributed by atoms with Crippen molar-refractivity contribution in [3.05, 3.63) is 65.9 Å². The Kier molecular flexibility index (Phi) is 12.4. The van der Waals surface area contributed by atoms with Crippen LogP contribution in [0.5, 0.6) is 5.75 Å². The van der Waals surface area contributed by atoms with Gasteiger partial charge < -0.3 is 15.0 Å². The number of ether oxygens (including phenoxy) is 1. The molecule has 0 aliphatic carbocycles. The average molecular weight is 424 g/mol. The fourth-order valence-electron chi connectivity index (χ4n) is 2.42. The van der Waals surface area contributed by atoms with E-state index in [9.17, 15) is 4.79 Å².